The molecule has 0 saturated carbocycles. The summed E-state index contributed by atoms with van der Waals surface area (Å²) in [6.45, 7) is 0.491. The number of aromatic nitrogens is 3. The van der Waals surface area contributed by atoms with Crippen LogP contribution in [0, 0.1) is 0 Å². The summed E-state index contributed by atoms with van der Waals surface area (Å²) in [6.07, 6.45) is 4.62. The highest BCUT2D eigenvalue weighted by atomic mass is 79.9. The Labute approximate surface area is 130 Å². The van der Waals surface area contributed by atoms with Gasteiger partial charge in [0.05, 0.1) is 23.2 Å². The second kappa shape index (κ2) is 5.23. The Balaban J connectivity index is 2.01. The third-order valence-corrected chi connectivity index (χ3v) is 4.66. The third kappa shape index (κ3) is 2.98. The van der Waals surface area contributed by atoms with Gasteiger partial charge >= 0.3 is 0 Å². The van der Waals surface area contributed by atoms with Crippen LogP contribution >= 0.6 is 15.9 Å². The van der Waals surface area contributed by atoms with E-state index in [2.05, 4.69) is 26.0 Å². The minimum absolute atomic E-state index is 0.316. The van der Waals surface area contributed by atoms with Crippen molar-refractivity contribution in [3.05, 3.63) is 52.8 Å². The van der Waals surface area contributed by atoms with Gasteiger partial charge in [-0.2, -0.15) is 5.10 Å². The molecule has 0 unspecified atom stereocenters. The highest BCUT2D eigenvalue weighted by Crippen LogP contribution is 2.19. The topological polar surface area (TPSA) is 64.8 Å². The number of hydrogen-bond donors (Lipinski definition) is 0. The Morgan fingerprint density at radius 2 is 2.05 bits per heavy atom. The van der Waals surface area contributed by atoms with Gasteiger partial charge < -0.3 is 0 Å². The SMILES string of the molecule is CS(=O)(=O)c1cccc(Cn2ncc3ncc(Br)cc32)c1. The molecular weight excluding hydrogens is 354 g/mol. The summed E-state index contributed by atoms with van der Waals surface area (Å²) in [5, 5.41) is 4.31. The molecule has 0 spiro atoms. The third-order valence-electron chi connectivity index (χ3n) is 3.12. The fraction of sp³-hybridized carbons (Fsp3) is 0.143. The monoisotopic (exact) mass is 365 g/mol. The van der Waals surface area contributed by atoms with Crippen LogP contribution in [0.15, 0.2) is 52.1 Å². The van der Waals surface area contributed by atoms with E-state index in [1.54, 1.807) is 35.3 Å². The van der Waals surface area contributed by atoms with Gasteiger partial charge in [-0.05, 0) is 39.7 Å². The van der Waals surface area contributed by atoms with E-state index in [9.17, 15) is 8.42 Å². The number of pyridine rings is 1. The van der Waals surface area contributed by atoms with Gasteiger partial charge in [0.25, 0.3) is 0 Å². The van der Waals surface area contributed by atoms with E-state index in [4.69, 9.17) is 0 Å². The molecule has 3 aromatic rings. The van der Waals surface area contributed by atoms with E-state index in [0.717, 1.165) is 21.1 Å². The Bertz CT molecular complexity index is 919. The number of nitrogens with zero attached hydrogens (tertiary/aromatic N) is 3. The van der Waals surface area contributed by atoms with E-state index in [1.807, 2.05) is 12.1 Å². The summed E-state index contributed by atoms with van der Waals surface area (Å²) in [7, 11) is -3.20. The zero-order chi connectivity index (χ0) is 15.0. The lowest BCUT2D eigenvalue weighted by molar-refractivity contribution is 0.601. The van der Waals surface area contributed by atoms with Gasteiger partial charge in [0.2, 0.25) is 0 Å². The molecule has 0 fully saturated rings. The average Bonchev–Trinajstić information content (AvgIpc) is 2.81. The van der Waals surface area contributed by atoms with Gasteiger partial charge in [-0.15, -0.1) is 0 Å². The number of benzene rings is 1. The summed E-state index contributed by atoms with van der Waals surface area (Å²) < 4.78 is 25.9. The highest BCUT2D eigenvalue weighted by Gasteiger charge is 2.09. The first kappa shape index (κ1) is 14.2. The molecule has 2 heterocycles. The van der Waals surface area contributed by atoms with Gasteiger partial charge in [0, 0.05) is 16.9 Å². The molecule has 7 heteroatoms. The molecule has 1 aromatic carbocycles. The molecular formula is C14H12BrN3O2S. The van der Waals surface area contributed by atoms with Crippen molar-refractivity contribution in [3.8, 4) is 0 Å². The van der Waals surface area contributed by atoms with Crippen molar-refractivity contribution in [2.45, 2.75) is 11.4 Å². The number of hydrogen-bond acceptors (Lipinski definition) is 4. The Kier molecular flexibility index (Phi) is 3.54. The van der Waals surface area contributed by atoms with Crippen molar-refractivity contribution in [2.24, 2.45) is 0 Å². The lowest BCUT2D eigenvalue weighted by Gasteiger charge is -2.06. The van der Waals surface area contributed by atoms with Gasteiger partial charge in [0.15, 0.2) is 9.84 Å². The summed E-state index contributed by atoms with van der Waals surface area (Å²) in [5.41, 5.74) is 2.58. The zero-order valence-electron chi connectivity index (χ0n) is 11.2. The summed E-state index contributed by atoms with van der Waals surface area (Å²) >= 11 is 3.39. The van der Waals surface area contributed by atoms with Crippen LogP contribution in [0.1, 0.15) is 5.56 Å². The van der Waals surface area contributed by atoms with Gasteiger partial charge in [0.1, 0.15) is 5.52 Å². The largest absolute Gasteiger partial charge is 0.259 e. The van der Waals surface area contributed by atoms with Crippen molar-refractivity contribution < 1.29 is 8.42 Å². The molecule has 108 valence electrons. The van der Waals surface area contributed by atoms with Crippen LogP contribution in [-0.2, 0) is 16.4 Å². The molecule has 0 saturated heterocycles. The van der Waals surface area contributed by atoms with Crippen LogP contribution in [0.3, 0.4) is 0 Å². The Morgan fingerprint density at radius 1 is 1.24 bits per heavy atom. The molecule has 0 amide bonds. The molecule has 5 nitrogen and oxygen atoms in total. The number of fused-ring (bicyclic) bond motifs is 1. The van der Waals surface area contributed by atoms with E-state index in [-0.39, 0.29) is 0 Å². The van der Waals surface area contributed by atoms with Crippen molar-refractivity contribution in [1.82, 2.24) is 14.8 Å². The molecule has 0 aliphatic carbocycles. The van der Waals surface area contributed by atoms with E-state index >= 15 is 0 Å². The maximum atomic E-state index is 11.6. The first-order valence-corrected chi connectivity index (χ1v) is 8.88. The first-order valence-electron chi connectivity index (χ1n) is 6.19. The molecule has 0 atom stereocenters. The maximum Gasteiger partial charge on any atom is 0.175 e. The first-order chi connectivity index (χ1) is 9.93. The number of sulfone groups is 1. The molecule has 21 heavy (non-hydrogen) atoms. The van der Waals surface area contributed by atoms with Crippen molar-refractivity contribution in [3.63, 3.8) is 0 Å². The van der Waals surface area contributed by atoms with E-state index in [0.29, 0.717) is 11.4 Å². The molecule has 0 aliphatic heterocycles. The van der Waals surface area contributed by atoms with Crippen molar-refractivity contribution >= 4 is 36.8 Å². The van der Waals surface area contributed by atoms with E-state index in [1.165, 1.54) is 6.26 Å². The van der Waals surface area contributed by atoms with Gasteiger partial charge in [-0.1, -0.05) is 12.1 Å². The quantitative estimate of drug-likeness (QED) is 0.715. The van der Waals surface area contributed by atoms with E-state index < -0.39 is 9.84 Å². The normalized spacial score (nSPS) is 11.9. The van der Waals surface area contributed by atoms with Crippen molar-refractivity contribution in [1.29, 1.82) is 0 Å². The lowest BCUT2D eigenvalue weighted by Crippen LogP contribution is -2.03. The van der Waals surface area contributed by atoms with Crippen LogP contribution in [0.5, 0.6) is 0 Å². The second-order valence-corrected chi connectivity index (χ2v) is 7.71. The number of rotatable bonds is 3. The summed E-state index contributed by atoms with van der Waals surface area (Å²) in [6, 6.07) is 8.83. The van der Waals surface area contributed by atoms with Crippen molar-refractivity contribution in [2.75, 3.05) is 6.26 Å². The molecule has 0 bridgehead atoms. The van der Waals surface area contributed by atoms with Gasteiger partial charge in [-0.25, -0.2) is 8.42 Å². The summed E-state index contributed by atoms with van der Waals surface area (Å²) in [4.78, 5) is 4.59. The van der Waals surface area contributed by atoms with Gasteiger partial charge in [-0.3, -0.25) is 9.67 Å². The second-order valence-electron chi connectivity index (χ2n) is 4.78. The molecule has 3 rings (SSSR count). The predicted octanol–water partition coefficient (Wildman–Crippen LogP) is 2.65. The summed E-state index contributed by atoms with van der Waals surface area (Å²) in [5.74, 6) is 0. The molecule has 0 N–H and O–H groups in total. The molecule has 2 aromatic heterocycles. The smallest absolute Gasteiger partial charge is 0.175 e. The Morgan fingerprint density at radius 3 is 2.81 bits per heavy atom. The minimum atomic E-state index is -3.20. The Hall–Kier alpha value is -1.73. The zero-order valence-corrected chi connectivity index (χ0v) is 13.6. The minimum Gasteiger partial charge on any atom is -0.259 e. The average molecular weight is 366 g/mol. The van der Waals surface area contributed by atoms with Crippen LogP contribution in [0.25, 0.3) is 11.0 Å². The van der Waals surface area contributed by atoms with Crippen LogP contribution in [0.2, 0.25) is 0 Å². The van der Waals surface area contributed by atoms with Crippen LogP contribution in [0.4, 0.5) is 0 Å². The highest BCUT2D eigenvalue weighted by molar-refractivity contribution is 9.10. The van der Waals surface area contributed by atoms with Crippen LogP contribution < -0.4 is 0 Å². The fourth-order valence-electron chi connectivity index (χ4n) is 2.11. The number of halogens is 1. The lowest BCUT2D eigenvalue weighted by atomic mass is 10.2. The predicted molar refractivity (Wildman–Crippen MR) is 83.9 cm³/mol. The molecule has 0 radical (unpaired) electrons. The fourth-order valence-corrected chi connectivity index (χ4v) is 3.12. The van der Waals surface area contributed by atoms with Crippen LogP contribution in [-0.4, -0.2) is 29.4 Å². The maximum absolute atomic E-state index is 11.6. The standard InChI is InChI=1S/C14H12BrN3O2S/c1-21(19,20)12-4-2-3-10(5-12)9-18-14-6-11(15)7-16-13(14)8-17-18/h2-8H,9H2,1H3. The molecule has 0 aliphatic rings.